The number of H-pyrrole nitrogens is 1. The molecule has 0 spiro atoms. The third-order valence-corrected chi connectivity index (χ3v) is 5.44. The Morgan fingerprint density at radius 3 is 2.52 bits per heavy atom. The van der Waals surface area contributed by atoms with E-state index in [1.165, 1.54) is 37.4 Å². The van der Waals surface area contributed by atoms with Crippen LogP contribution in [0.15, 0.2) is 47.4 Å². The molecule has 27 heavy (non-hydrogen) atoms. The Bertz CT molecular complexity index is 1120. The van der Waals surface area contributed by atoms with Crippen LogP contribution in [-0.4, -0.2) is 37.5 Å². The summed E-state index contributed by atoms with van der Waals surface area (Å²) in [5.41, 5.74) is 6.78. The van der Waals surface area contributed by atoms with Crippen molar-refractivity contribution in [2.75, 3.05) is 12.4 Å². The number of para-hydroxylation sites is 1. The summed E-state index contributed by atoms with van der Waals surface area (Å²) < 4.78 is 29.7. The second-order valence-corrected chi connectivity index (χ2v) is 7.64. The summed E-state index contributed by atoms with van der Waals surface area (Å²) >= 11 is 0. The van der Waals surface area contributed by atoms with Crippen molar-refractivity contribution in [3.8, 4) is 0 Å². The maximum atomic E-state index is 12.6. The molecule has 0 unspecified atom stereocenters. The Morgan fingerprint density at radius 1 is 1.19 bits per heavy atom. The number of fused-ring (bicyclic) bond motifs is 1. The largest absolute Gasteiger partial charge is 0.453 e. The molecule has 3 rings (SSSR count). The molecule has 0 saturated heterocycles. The van der Waals surface area contributed by atoms with E-state index < -0.39 is 21.8 Å². The van der Waals surface area contributed by atoms with Gasteiger partial charge in [-0.05, 0) is 36.4 Å². The number of nitrogens with one attached hydrogen (secondary N) is 2. The number of benzene rings is 2. The predicted molar refractivity (Wildman–Crippen MR) is 98.0 cm³/mol. The highest BCUT2D eigenvalue weighted by Crippen LogP contribution is 2.21. The van der Waals surface area contributed by atoms with Crippen molar-refractivity contribution in [3.63, 3.8) is 0 Å². The number of aromatic amines is 1. The van der Waals surface area contributed by atoms with Gasteiger partial charge in [0.25, 0.3) is 5.91 Å². The molecule has 0 aliphatic heterocycles. The maximum absolute atomic E-state index is 12.6. The number of hydrogen-bond donors (Lipinski definition) is 3. The first kappa shape index (κ1) is 18.4. The Hall–Kier alpha value is -3.40. The number of nitrogens with two attached hydrogens (primary N) is 1. The number of carbonyl (C=O) groups is 2. The highest BCUT2D eigenvalue weighted by atomic mass is 32.2. The number of aromatic nitrogens is 2. The first-order chi connectivity index (χ1) is 12.8. The van der Waals surface area contributed by atoms with Gasteiger partial charge in [0.2, 0.25) is 0 Å². The van der Waals surface area contributed by atoms with E-state index in [4.69, 9.17) is 5.73 Å². The second-order valence-electron chi connectivity index (χ2n) is 5.65. The molecule has 140 valence electrons. The predicted octanol–water partition coefficient (Wildman–Crippen LogP) is 1.81. The average molecular weight is 388 g/mol. The Kier molecular flexibility index (Phi) is 4.82. The molecule has 0 fully saturated rings. The van der Waals surface area contributed by atoms with Crippen LogP contribution in [0, 0.1) is 0 Å². The number of carbonyl (C=O) groups excluding carboxylic acids is 2. The number of anilines is 1. The van der Waals surface area contributed by atoms with Crippen molar-refractivity contribution < 1.29 is 22.7 Å². The quantitative estimate of drug-likeness (QED) is 0.608. The number of ether oxygens (including phenoxy) is 1. The molecule has 0 bridgehead atoms. The van der Waals surface area contributed by atoms with Gasteiger partial charge in [0.1, 0.15) is 17.1 Å². The number of methoxy groups -OCH3 is 1. The topological polar surface area (TPSA) is 144 Å². The Labute approximate surface area is 154 Å². The van der Waals surface area contributed by atoms with Crippen LogP contribution in [0.5, 0.6) is 0 Å². The highest BCUT2D eigenvalue weighted by Gasteiger charge is 2.19. The lowest BCUT2D eigenvalue weighted by molar-refractivity contribution is 0.100. The maximum Gasteiger partial charge on any atom is 0.411 e. The van der Waals surface area contributed by atoms with E-state index in [-0.39, 0.29) is 22.0 Å². The van der Waals surface area contributed by atoms with E-state index in [1.807, 2.05) is 0 Å². The van der Waals surface area contributed by atoms with Gasteiger partial charge in [-0.2, -0.15) is 0 Å². The molecule has 1 aromatic heterocycles. The molecule has 0 saturated carbocycles. The first-order valence-electron chi connectivity index (χ1n) is 7.75. The van der Waals surface area contributed by atoms with Crippen molar-refractivity contribution in [1.82, 2.24) is 9.97 Å². The number of primary amides is 1. The lowest BCUT2D eigenvalue weighted by Gasteiger charge is -2.06. The minimum absolute atomic E-state index is 0.0634. The molecular weight excluding hydrogens is 372 g/mol. The molecular formula is C17H16N4O5S. The second kappa shape index (κ2) is 7.08. The first-order valence-corrected chi connectivity index (χ1v) is 9.40. The molecule has 0 radical (unpaired) electrons. The zero-order chi connectivity index (χ0) is 19.6. The van der Waals surface area contributed by atoms with Crippen molar-refractivity contribution >= 4 is 38.6 Å². The van der Waals surface area contributed by atoms with Gasteiger partial charge in [-0.3, -0.25) is 10.1 Å². The molecule has 4 N–H and O–H groups in total. The van der Waals surface area contributed by atoms with Crippen molar-refractivity contribution in [1.29, 1.82) is 0 Å². The molecule has 0 atom stereocenters. The zero-order valence-corrected chi connectivity index (χ0v) is 15.0. The molecule has 1 heterocycles. The Morgan fingerprint density at radius 2 is 1.89 bits per heavy atom. The van der Waals surface area contributed by atoms with E-state index in [0.717, 1.165) is 0 Å². The molecule has 10 heteroatoms. The molecule has 9 nitrogen and oxygen atoms in total. The smallest absolute Gasteiger partial charge is 0.411 e. The van der Waals surface area contributed by atoms with Gasteiger partial charge in [-0.15, -0.1) is 0 Å². The van der Waals surface area contributed by atoms with E-state index in [0.29, 0.717) is 16.7 Å². The van der Waals surface area contributed by atoms with E-state index >= 15 is 0 Å². The van der Waals surface area contributed by atoms with E-state index in [1.54, 1.807) is 12.1 Å². The van der Waals surface area contributed by atoms with Crippen LogP contribution in [0.4, 0.5) is 10.5 Å². The number of nitrogens with zero attached hydrogens (tertiary/aromatic N) is 1. The van der Waals surface area contributed by atoms with Crippen LogP contribution in [0.3, 0.4) is 0 Å². The fraction of sp³-hybridized carbons (Fsp3) is 0.118. The minimum Gasteiger partial charge on any atom is -0.453 e. The van der Waals surface area contributed by atoms with E-state index in [9.17, 15) is 18.0 Å². The Balaban J connectivity index is 1.86. The number of sulfone groups is 1. The minimum atomic E-state index is -3.70. The lowest BCUT2D eigenvalue weighted by Crippen LogP contribution is -2.11. The van der Waals surface area contributed by atoms with Crippen LogP contribution in [-0.2, 0) is 20.3 Å². The summed E-state index contributed by atoms with van der Waals surface area (Å²) in [6, 6.07) is 10.5. The summed E-state index contributed by atoms with van der Waals surface area (Å²) in [4.78, 5) is 29.8. The van der Waals surface area contributed by atoms with Gasteiger partial charge in [0.05, 0.1) is 23.1 Å². The average Bonchev–Trinajstić information content (AvgIpc) is 3.03. The third-order valence-electron chi connectivity index (χ3n) is 3.80. The molecule has 0 aliphatic carbocycles. The zero-order valence-electron chi connectivity index (χ0n) is 14.2. The molecule has 2 amide bonds. The van der Waals surface area contributed by atoms with Gasteiger partial charge in [0.15, 0.2) is 9.84 Å². The number of amides is 2. The van der Waals surface area contributed by atoms with Gasteiger partial charge >= 0.3 is 6.09 Å². The monoisotopic (exact) mass is 388 g/mol. The van der Waals surface area contributed by atoms with Crippen LogP contribution >= 0.6 is 0 Å². The van der Waals surface area contributed by atoms with Crippen LogP contribution in [0.1, 0.15) is 16.2 Å². The van der Waals surface area contributed by atoms with Gasteiger partial charge < -0.3 is 15.5 Å². The standard InChI is InChI=1S/C17H16N4O5S/c1-26-17(23)19-10-5-7-11(8-6-10)27(24,25)9-14-20-13-4-2-3-12(16(18)22)15(13)21-14/h2-8H,9H2,1H3,(H2,18,22)(H,19,23)(H,20,21). The summed E-state index contributed by atoms with van der Waals surface area (Å²) in [6.07, 6.45) is -0.655. The fourth-order valence-electron chi connectivity index (χ4n) is 2.53. The van der Waals surface area contributed by atoms with Gasteiger partial charge in [0, 0.05) is 5.69 Å². The van der Waals surface area contributed by atoms with Crippen LogP contribution in [0.2, 0.25) is 0 Å². The van der Waals surface area contributed by atoms with Crippen molar-refractivity contribution in [3.05, 3.63) is 53.9 Å². The normalized spacial score (nSPS) is 11.3. The van der Waals surface area contributed by atoms with Crippen molar-refractivity contribution in [2.45, 2.75) is 10.6 Å². The summed E-state index contributed by atoms with van der Waals surface area (Å²) in [7, 11) is -2.47. The number of imidazole rings is 1. The van der Waals surface area contributed by atoms with Gasteiger partial charge in [-0.1, -0.05) is 6.07 Å². The lowest BCUT2D eigenvalue weighted by atomic mass is 10.2. The number of rotatable bonds is 5. The number of hydrogen-bond acceptors (Lipinski definition) is 6. The van der Waals surface area contributed by atoms with E-state index in [2.05, 4.69) is 20.0 Å². The summed E-state index contributed by atoms with van der Waals surface area (Å²) in [5, 5.41) is 2.44. The van der Waals surface area contributed by atoms with Crippen LogP contribution in [0.25, 0.3) is 11.0 Å². The van der Waals surface area contributed by atoms with Gasteiger partial charge in [-0.25, -0.2) is 18.2 Å². The molecule has 0 aliphatic rings. The summed E-state index contributed by atoms with van der Waals surface area (Å²) in [6.45, 7) is 0. The molecule has 2 aromatic carbocycles. The SMILES string of the molecule is COC(=O)Nc1ccc(S(=O)(=O)Cc2nc3c(C(N)=O)cccc3[nH]2)cc1. The fourth-order valence-corrected chi connectivity index (χ4v) is 3.74. The van der Waals surface area contributed by atoms with Crippen molar-refractivity contribution in [2.24, 2.45) is 5.73 Å². The third kappa shape index (κ3) is 3.90. The highest BCUT2D eigenvalue weighted by molar-refractivity contribution is 7.90. The molecule has 3 aromatic rings. The van der Waals surface area contributed by atoms with Crippen LogP contribution < -0.4 is 11.1 Å². The summed E-state index contributed by atoms with van der Waals surface area (Å²) in [5.74, 6) is -0.838.